The summed E-state index contributed by atoms with van der Waals surface area (Å²) in [6, 6.07) is 8.86. The van der Waals surface area contributed by atoms with Crippen LogP contribution in [0.2, 0.25) is 0 Å². The first-order valence-corrected chi connectivity index (χ1v) is 9.87. The molecule has 0 bridgehead atoms. The first-order chi connectivity index (χ1) is 15.4. The number of likely N-dealkylation sites (tertiary alicyclic amines) is 1. The zero-order chi connectivity index (χ0) is 23.3. The number of nitrogens with zero attached hydrogens (tertiary/aromatic N) is 1. The Hall–Kier alpha value is -3.43. The Labute approximate surface area is 184 Å². The predicted octanol–water partition coefficient (Wildman–Crippen LogP) is 2.27. The molecular weight excluding hydrogens is 421 g/mol. The van der Waals surface area contributed by atoms with Crippen LogP contribution >= 0.6 is 0 Å². The maximum absolute atomic E-state index is 13.4. The van der Waals surface area contributed by atoms with Gasteiger partial charge >= 0.3 is 0 Å². The predicted molar refractivity (Wildman–Crippen MR) is 113 cm³/mol. The van der Waals surface area contributed by atoms with Gasteiger partial charge in [-0.05, 0) is 42.5 Å². The van der Waals surface area contributed by atoms with E-state index in [4.69, 9.17) is 19.3 Å². The molecular formula is C23H24FNO7. The smallest absolute Gasteiger partial charge is 0.295 e. The number of halogens is 1. The monoisotopic (exact) mass is 445 g/mol. The molecule has 1 aliphatic rings. The molecule has 1 fully saturated rings. The van der Waals surface area contributed by atoms with Crippen LogP contribution in [0.15, 0.2) is 48.0 Å². The largest absolute Gasteiger partial charge is 0.507 e. The van der Waals surface area contributed by atoms with Gasteiger partial charge in [0.15, 0.2) is 0 Å². The number of hydrogen-bond donors (Lipinski definition) is 2. The van der Waals surface area contributed by atoms with Crippen molar-refractivity contribution < 1.29 is 38.4 Å². The highest BCUT2D eigenvalue weighted by Crippen LogP contribution is 2.43. The average Bonchev–Trinajstić information content (AvgIpc) is 3.06. The van der Waals surface area contributed by atoms with Crippen molar-refractivity contribution in [3.05, 3.63) is 65.0 Å². The summed E-state index contributed by atoms with van der Waals surface area (Å²) in [5.41, 5.74) is 0.458. The standard InChI is InChI=1S/C23H24FNO7/c1-30-16-7-8-18(31-2)17(13-16)20-19(21(27)14-3-5-15(24)6-4-14)22(28)23(29)25(20)9-11-32-12-10-26/h3-8,13,20,26-27H,9-12H2,1-2H3. The molecule has 1 unspecified atom stereocenters. The number of aliphatic hydroxyl groups is 2. The minimum atomic E-state index is -0.997. The summed E-state index contributed by atoms with van der Waals surface area (Å²) in [6.45, 7) is -0.0219. The highest BCUT2D eigenvalue weighted by atomic mass is 19.1. The van der Waals surface area contributed by atoms with Gasteiger partial charge in [0.2, 0.25) is 0 Å². The van der Waals surface area contributed by atoms with Gasteiger partial charge in [-0.1, -0.05) is 0 Å². The number of rotatable bonds is 9. The molecule has 1 aliphatic heterocycles. The molecule has 1 amide bonds. The fourth-order valence-corrected chi connectivity index (χ4v) is 3.58. The Morgan fingerprint density at radius 2 is 1.78 bits per heavy atom. The van der Waals surface area contributed by atoms with Crippen molar-refractivity contribution in [3.63, 3.8) is 0 Å². The Balaban J connectivity index is 2.16. The first kappa shape index (κ1) is 23.2. The highest BCUT2D eigenvalue weighted by molar-refractivity contribution is 6.46. The summed E-state index contributed by atoms with van der Waals surface area (Å²) in [6.07, 6.45) is 0. The number of amides is 1. The molecule has 1 atom stereocenters. The molecule has 0 saturated carbocycles. The molecule has 2 aromatic carbocycles. The third-order valence-electron chi connectivity index (χ3n) is 5.10. The second-order valence-corrected chi connectivity index (χ2v) is 6.94. The minimum absolute atomic E-state index is 0.0236. The van der Waals surface area contributed by atoms with Gasteiger partial charge in [0.05, 0.1) is 45.7 Å². The lowest BCUT2D eigenvalue weighted by Gasteiger charge is -2.26. The lowest BCUT2D eigenvalue weighted by atomic mass is 9.94. The maximum atomic E-state index is 13.4. The third-order valence-corrected chi connectivity index (χ3v) is 5.10. The normalized spacial score (nSPS) is 17.6. The van der Waals surface area contributed by atoms with Crippen molar-refractivity contribution >= 4 is 17.4 Å². The van der Waals surface area contributed by atoms with E-state index in [1.54, 1.807) is 18.2 Å². The number of aliphatic hydroxyl groups excluding tert-OH is 2. The summed E-state index contributed by atoms with van der Waals surface area (Å²) >= 11 is 0. The number of carbonyl (C=O) groups excluding carboxylic acids is 2. The van der Waals surface area contributed by atoms with E-state index < -0.39 is 29.3 Å². The number of ether oxygens (including phenoxy) is 3. The van der Waals surface area contributed by atoms with E-state index in [-0.39, 0.29) is 37.5 Å². The van der Waals surface area contributed by atoms with Gasteiger partial charge in [0.1, 0.15) is 23.1 Å². The average molecular weight is 445 g/mol. The van der Waals surface area contributed by atoms with E-state index in [0.29, 0.717) is 17.1 Å². The van der Waals surface area contributed by atoms with Crippen LogP contribution in [-0.4, -0.2) is 67.4 Å². The minimum Gasteiger partial charge on any atom is -0.507 e. The maximum Gasteiger partial charge on any atom is 0.295 e. The van der Waals surface area contributed by atoms with E-state index >= 15 is 0 Å². The second kappa shape index (κ2) is 10.3. The molecule has 170 valence electrons. The number of ketones is 1. The van der Waals surface area contributed by atoms with Gasteiger partial charge in [-0.25, -0.2) is 4.39 Å². The second-order valence-electron chi connectivity index (χ2n) is 6.94. The third kappa shape index (κ3) is 4.58. The molecule has 8 nitrogen and oxygen atoms in total. The van der Waals surface area contributed by atoms with Crippen LogP contribution < -0.4 is 9.47 Å². The number of benzene rings is 2. The molecule has 0 aliphatic carbocycles. The van der Waals surface area contributed by atoms with Crippen LogP contribution in [0.3, 0.4) is 0 Å². The number of methoxy groups -OCH3 is 2. The van der Waals surface area contributed by atoms with E-state index in [9.17, 15) is 19.1 Å². The number of carbonyl (C=O) groups is 2. The summed E-state index contributed by atoms with van der Waals surface area (Å²) in [7, 11) is 2.92. The van der Waals surface area contributed by atoms with Crippen molar-refractivity contribution in [1.82, 2.24) is 4.90 Å². The van der Waals surface area contributed by atoms with E-state index in [1.165, 1.54) is 31.3 Å². The molecule has 0 aromatic heterocycles. The topological polar surface area (TPSA) is 106 Å². The summed E-state index contributed by atoms with van der Waals surface area (Å²) in [5.74, 6) is -1.81. The van der Waals surface area contributed by atoms with Crippen LogP contribution in [0, 0.1) is 5.82 Å². The van der Waals surface area contributed by atoms with E-state index in [2.05, 4.69) is 0 Å². The van der Waals surface area contributed by atoms with Crippen LogP contribution in [0.4, 0.5) is 4.39 Å². The van der Waals surface area contributed by atoms with Crippen LogP contribution in [0.25, 0.3) is 5.76 Å². The molecule has 9 heteroatoms. The van der Waals surface area contributed by atoms with Gasteiger partial charge in [-0.3, -0.25) is 9.59 Å². The van der Waals surface area contributed by atoms with Crippen LogP contribution in [0.1, 0.15) is 17.2 Å². The molecule has 1 heterocycles. The molecule has 2 N–H and O–H groups in total. The lowest BCUT2D eigenvalue weighted by Crippen LogP contribution is -2.33. The molecule has 0 radical (unpaired) electrons. The van der Waals surface area contributed by atoms with Gasteiger partial charge in [0.25, 0.3) is 11.7 Å². The zero-order valence-corrected chi connectivity index (χ0v) is 17.7. The van der Waals surface area contributed by atoms with E-state index in [0.717, 1.165) is 12.1 Å². The first-order valence-electron chi connectivity index (χ1n) is 9.87. The van der Waals surface area contributed by atoms with Crippen LogP contribution in [-0.2, 0) is 14.3 Å². The van der Waals surface area contributed by atoms with Gasteiger partial charge < -0.3 is 29.3 Å². The fourth-order valence-electron chi connectivity index (χ4n) is 3.58. The number of Topliss-reactive ketones (excluding diaryl/α,β-unsaturated/α-hetero) is 1. The molecule has 2 aromatic rings. The summed E-state index contributed by atoms with van der Waals surface area (Å²) < 4.78 is 29.4. The van der Waals surface area contributed by atoms with Crippen molar-refractivity contribution in [2.24, 2.45) is 0 Å². The Kier molecular flexibility index (Phi) is 7.45. The summed E-state index contributed by atoms with van der Waals surface area (Å²) in [4.78, 5) is 27.2. The van der Waals surface area contributed by atoms with Gasteiger partial charge in [-0.2, -0.15) is 0 Å². The van der Waals surface area contributed by atoms with Crippen molar-refractivity contribution in [1.29, 1.82) is 0 Å². The quantitative estimate of drug-likeness (QED) is 0.264. The van der Waals surface area contributed by atoms with E-state index in [1.807, 2.05) is 0 Å². The van der Waals surface area contributed by atoms with Crippen LogP contribution in [0.5, 0.6) is 11.5 Å². The summed E-state index contributed by atoms with van der Waals surface area (Å²) in [5, 5.41) is 19.9. The molecule has 32 heavy (non-hydrogen) atoms. The lowest BCUT2D eigenvalue weighted by molar-refractivity contribution is -0.140. The van der Waals surface area contributed by atoms with Crippen molar-refractivity contribution in [2.45, 2.75) is 6.04 Å². The Morgan fingerprint density at radius 3 is 2.41 bits per heavy atom. The van der Waals surface area contributed by atoms with Gasteiger partial charge in [-0.15, -0.1) is 0 Å². The molecule has 0 spiro atoms. The SMILES string of the molecule is COc1ccc(OC)c(C2C(=C(O)c3ccc(F)cc3)C(=O)C(=O)N2CCOCCO)c1. The van der Waals surface area contributed by atoms with Crippen molar-refractivity contribution in [3.8, 4) is 11.5 Å². The Bertz CT molecular complexity index is 1020. The fraction of sp³-hybridized carbons (Fsp3) is 0.304. The molecule has 1 saturated heterocycles. The number of hydrogen-bond acceptors (Lipinski definition) is 7. The van der Waals surface area contributed by atoms with Gasteiger partial charge in [0, 0.05) is 17.7 Å². The zero-order valence-electron chi connectivity index (χ0n) is 17.7. The molecule has 3 rings (SSSR count). The van der Waals surface area contributed by atoms with Crippen molar-refractivity contribution in [2.75, 3.05) is 40.6 Å². The Morgan fingerprint density at radius 1 is 1.06 bits per heavy atom. The highest BCUT2D eigenvalue weighted by Gasteiger charge is 2.47.